The molecule has 2 aromatic rings. The smallest absolute Gasteiger partial charge is 0.220 e. The van der Waals surface area contributed by atoms with Crippen LogP contribution in [0.15, 0.2) is 16.7 Å². The van der Waals surface area contributed by atoms with Crippen LogP contribution in [0.2, 0.25) is 0 Å². The minimum Gasteiger partial charge on any atom is -0.352 e. The molecule has 1 saturated heterocycles. The summed E-state index contributed by atoms with van der Waals surface area (Å²) in [6, 6.07) is 2.10. The molecule has 1 aliphatic rings. The maximum Gasteiger partial charge on any atom is 0.220 e. The molecule has 0 spiro atoms. The van der Waals surface area contributed by atoms with Gasteiger partial charge in [0.25, 0.3) is 0 Å². The number of hydrogen-bond acceptors (Lipinski definition) is 3. The van der Waals surface area contributed by atoms with E-state index < -0.39 is 0 Å². The summed E-state index contributed by atoms with van der Waals surface area (Å²) in [6.07, 6.45) is 3.91. The largest absolute Gasteiger partial charge is 0.352 e. The van der Waals surface area contributed by atoms with Crippen molar-refractivity contribution < 1.29 is 4.79 Å². The maximum atomic E-state index is 11.3. The van der Waals surface area contributed by atoms with E-state index in [-0.39, 0.29) is 11.9 Å². The van der Waals surface area contributed by atoms with E-state index in [0.29, 0.717) is 25.3 Å². The first-order valence-corrected chi connectivity index (χ1v) is 7.86. The molecule has 0 radical (unpaired) electrons. The highest BCUT2D eigenvalue weighted by Gasteiger charge is 2.23. The lowest BCUT2D eigenvalue weighted by Crippen LogP contribution is -2.30. The number of rotatable bonds is 4. The standard InChI is InChI=1S/C13H14BrClN4O/c14-8-5-10-13(16-6-8)19(11(18-10)3-4-15)7-9-1-2-12(20)17-9/h5-6,9H,1-4,7H2,(H,17,20). The van der Waals surface area contributed by atoms with Gasteiger partial charge in [0.1, 0.15) is 11.3 Å². The number of aryl methyl sites for hydroxylation is 1. The van der Waals surface area contributed by atoms with Crippen molar-refractivity contribution in [1.82, 2.24) is 19.9 Å². The number of alkyl halides is 1. The van der Waals surface area contributed by atoms with Crippen LogP contribution < -0.4 is 5.32 Å². The Morgan fingerprint density at radius 1 is 1.55 bits per heavy atom. The van der Waals surface area contributed by atoms with E-state index in [0.717, 1.165) is 27.9 Å². The van der Waals surface area contributed by atoms with Gasteiger partial charge in [-0.25, -0.2) is 9.97 Å². The lowest BCUT2D eigenvalue weighted by molar-refractivity contribution is -0.119. The molecule has 7 heteroatoms. The van der Waals surface area contributed by atoms with E-state index in [9.17, 15) is 4.79 Å². The van der Waals surface area contributed by atoms with Crippen molar-refractivity contribution in [2.75, 3.05) is 5.88 Å². The summed E-state index contributed by atoms with van der Waals surface area (Å²) in [5.74, 6) is 1.55. The molecule has 5 nitrogen and oxygen atoms in total. The molecule has 20 heavy (non-hydrogen) atoms. The zero-order valence-electron chi connectivity index (χ0n) is 10.8. The summed E-state index contributed by atoms with van der Waals surface area (Å²) >= 11 is 9.26. The molecule has 1 aliphatic heterocycles. The minimum atomic E-state index is 0.119. The molecule has 1 unspecified atom stereocenters. The fourth-order valence-electron chi connectivity index (χ4n) is 2.54. The Balaban J connectivity index is 1.97. The van der Waals surface area contributed by atoms with Crippen molar-refractivity contribution in [1.29, 1.82) is 0 Å². The van der Waals surface area contributed by atoms with Crippen molar-refractivity contribution in [3.05, 3.63) is 22.6 Å². The maximum absolute atomic E-state index is 11.3. The lowest BCUT2D eigenvalue weighted by atomic mass is 10.2. The summed E-state index contributed by atoms with van der Waals surface area (Å²) in [5.41, 5.74) is 1.69. The van der Waals surface area contributed by atoms with Gasteiger partial charge in [-0.2, -0.15) is 0 Å². The van der Waals surface area contributed by atoms with Crippen LogP contribution in [0.25, 0.3) is 11.2 Å². The highest BCUT2D eigenvalue weighted by atomic mass is 79.9. The number of pyridine rings is 1. The number of halogens is 2. The Bertz CT molecular complexity index is 657. The third-order valence-electron chi connectivity index (χ3n) is 3.44. The normalized spacial score (nSPS) is 18.7. The Morgan fingerprint density at radius 3 is 3.10 bits per heavy atom. The van der Waals surface area contributed by atoms with Gasteiger partial charge in [0.05, 0.1) is 0 Å². The molecule has 0 aliphatic carbocycles. The van der Waals surface area contributed by atoms with E-state index in [2.05, 4.69) is 35.8 Å². The number of carbonyl (C=O) groups excluding carboxylic acids is 1. The summed E-state index contributed by atoms with van der Waals surface area (Å²) in [5, 5.41) is 2.98. The molecule has 0 bridgehead atoms. The van der Waals surface area contributed by atoms with Gasteiger partial charge in [-0.3, -0.25) is 4.79 Å². The van der Waals surface area contributed by atoms with Crippen molar-refractivity contribution >= 4 is 44.6 Å². The fraction of sp³-hybridized carbons (Fsp3) is 0.462. The van der Waals surface area contributed by atoms with Crippen molar-refractivity contribution in [3.8, 4) is 0 Å². The third-order valence-corrected chi connectivity index (χ3v) is 4.06. The number of carbonyl (C=O) groups is 1. The van der Waals surface area contributed by atoms with Gasteiger partial charge in [0.2, 0.25) is 5.91 Å². The number of fused-ring (bicyclic) bond motifs is 1. The second-order valence-corrected chi connectivity index (χ2v) is 6.17. The SMILES string of the molecule is O=C1CCC(Cn2c(CCCl)nc3cc(Br)cnc32)N1. The molecule has 0 saturated carbocycles. The fourth-order valence-corrected chi connectivity index (χ4v) is 3.02. The molecule has 1 amide bonds. The van der Waals surface area contributed by atoms with E-state index in [1.807, 2.05) is 6.07 Å². The third kappa shape index (κ3) is 2.67. The topological polar surface area (TPSA) is 59.8 Å². The molecule has 1 fully saturated rings. The first-order valence-electron chi connectivity index (χ1n) is 6.53. The summed E-state index contributed by atoms with van der Waals surface area (Å²) in [6.45, 7) is 0.698. The Hall–Kier alpha value is -1.14. The first-order chi connectivity index (χ1) is 9.67. The van der Waals surface area contributed by atoms with Gasteiger partial charge < -0.3 is 9.88 Å². The number of aromatic nitrogens is 3. The van der Waals surface area contributed by atoms with Crippen LogP contribution in [-0.4, -0.2) is 32.4 Å². The Kier molecular flexibility index (Phi) is 3.94. The molecule has 106 valence electrons. The van der Waals surface area contributed by atoms with Crippen LogP contribution in [0.5, 0.6) is 0 Å². The zero-order valence-corrected chi connectivity index (χ0v) is 13.1. The quantitative estimate of drug-likeness (QED) is 0.854. The second kappa shape index (κ2) is 5.69. The molecule has 3 heterocycles. The Labute approximate surface area is 129 Å². The van der Waals surface area contributed by atoms with Crippen LogP contribution in [0.3, 0.4) is 0 Å². The molecular weight excluding hydrogens is 344 g/mol. The van der Waals surface area contributed by atoms with Crippen LogP contribution >= 0.6 is 27.5 Å². The summed E-state index contributed by atoms with van der Waals surface area (Å²) in [4.78, 5) is 20.4. The highest BCUT2D eigenvalue weighted by molar-refractivity contribution is 9.10. The highest BCUT2D eigenvalue weighted by Crippen LogP contribution is 2.21. The van der Waals surface area contributed by atoms with Crippen LogP contribution in [0.1, 0.15) is 18.7 Å². The number of nitrogens with one attached hydrogen (secondary N) is 1. The minimum absolute atomic E-state index is 0.119. The predicted octanol–water partition coefficient (Wildman–Crippen LogP) is 2.25. The molecule has 0 aromatic carbocycles. The van der Waals surface area contributed by atoms with Crippen molar-refractivity contribution in [2.24, 2.45) is 0 Å². The molecule has 2 aromatic heterocycles. The average Bonchev–Trinajstić information content (AvgIpc) is 2.95. The van der Waals surface area contributed by atoms with Crippen LogP contribution in [0, 0.1) is 0 Å². The van der Waals surface area contributed by atoms with Gasteiger partial charge in [0.15, 0.2) is 5.65 Å². The summed E-state index contributed by atoms with van der Waals surface area (Å²) < 4.78 is 2.97. The zero-order chi connectivity index (χ0) is 14.1. The van der Waals surface area contributed by atoms with Crippen LogP contribution in [-0.2, 0) is 17.8 Å². The summed E-state index contributed by atoms with van der Waals surface area (Å²) in [7, 11) is 0. The number of amides is 1. The molecule has 3 rings (SSSR count). The van der Waals surface area contributed by atoms with Crippen molar-refractivity contribution in [3.63, 3.8) is 0 Å². The monoisotopic (exact) mass is 356 g/mol. The van der Waals surface area contributed by atoms with E-state index in [4.69, 9.17) is 11.6 Å². The van der Waals surface area contributed by atoms with Gasteiger partial charge >= 0.3 is 0 Å². The van der Waals surface area contributed by atoms with Gasteiger partial charge in [-0.1, -0.05) is 0 Å². The van der Waals surface area contributed by atoms with Gasteiger partial charge in [0, 0.05) is 42.0 Å². The number of nitrogens with zero attached hydrogens (tertiary/aromatic N) is 3. The average molecular weight is 358 g/mol. The van der Waals surface area contributed by atoms with Gasteiger partial charge in [-0.05, 0) is 28.4 Å². The number of imidazole rings is 1. The number of hydrogen-bond donors (Lipinski definition) is 1. The second-order valence-electron chi connectivity index (χ2n) is 4.88. The van der Waals surface area contributed by atoms with E-state index >= 15 is 0 Å². The molecule has 1 atom stereocenters. The lowest BCUT2D eigenvalue weighted by Gasteiger charge is -2.13. The van der Waals surface area contributed by atoms with Gasteiger partial charge in [-0.15, -0.1) is 11.6 Å². The van der Waals surface area contributed by atoms with Crippen molar-refractivity contribution in [2.45, 2.75) is 31.8 Å². The van der Waals surface area contributed by atoms with E-state index in [1.54, 1.807) is 6.20 Å². The molecular formula is C13H14BrClN4O. The first kappa shape index (κ1) is 13.8. The van der Waals surface area contributed by atoms with Crippen LogP contribution in [0.4, 0.5) is 0 Å². The predicted molar refractivity (Wildman–Crippen MR) is 80.8 cm³/mol. The van der Waals surface area contributed by atoms with E-state index in [1.165, 1.54) is 0 Å². The molecule has 1 N–H and O–H groups in total. The Morgan fingerprint density at radius 2 is 2.40 bits per heavy atom.